The number of aromatic nitrogens is 1. The van der Waals surface area contributed by atoms with Gasteiger partial charge in [0.2, 0.25) is 0 Å². The van der Waals surface area contributed by atoms with Crippen LogP contribution in [0.1, 0.15) is 24.7 Å². The van der Waals surface area contributed by atoms with Crippen LogP contribution in [0.5, 0.6) is 0 Å². The number of nitrogens with zero attached hydrogens (tertiary/aromatic N) is 1. The minimum absolute atomic E-state index is 0.0161. The van der Waals surface area contributed by atoms with E-state index in [4.69, 9.17) is 9.26 Å². The van der Waals surface area contributed by atoms with Gasteiger partial charge >= 0.3 is 0 Å². The number of rotatable bonds is 1. The zero-order chi connectivity index (χ0) is 10.1. The van der Waals surface area contributed by atoms with Crippen LogP contribution in [0.3, 0.4) is 0 Å². The third kappa shape index (κ3) is 1.40. The summed E-state index contributed by atoms with van der Waals surface area (Å²) in [6.45, 7) is 0. The number of ether oxygens (including phenoxy) is 1. The molecule has 0 saturated heterocycles. The maximum atomic E-state index is 5.52. The lowest BCUT2D eigenvalue weighted by Gasteiger charge is -2.16. The molecule has 0 saturated carbocycles. The summed E-state index contributed by atoms with van der Waals surface area (Å²) in [7, 11) is 0. The smallest absolute Gasteiger partial charge is 0.185 e. The van der Waals surface area contributed by atoms with E-state index < -0.39 is 0 Å². The first kappa shape index (κ1) is 8.53. The van der Waals surface area contributed by atoms with Crippen LogP contribution in [0.4, 0.5) is 0 Å². The first-order valence-electron chi connectivity index (χ1n) is 5.10. The van der Waals surface area contributed by atoms with E-state index in [-0.39, 0.29) is 6.10 Å². The van der Waals surface area contributed by atoms with Gasteiger partial charge in [0.15, 0.2) is 11.9 Å². The van der Waals surface area contributed by atoms with Crippen LogP contribution in [0.2, 0.25) is 0 Å². The van der Waals surface area contributed by atoms with Crippen LogP contribution in [0, 0.1) is 0 Å². The molecule has 15 heavy (non-hydrogen) atoms. The molecule has 0 N–H and O–H groups in total. The van der Waals surface area contributed by atoms with Crippen molar-refractivity contribution in [3.05, 3.63) is 42.4 Å². The van der Waals surface area contributed by atoms with Gasteiger partial charge in [-0.25, -0.2) is 0 Å². The van der Waals surface area contributed by atoms with Gasteiger partial charge in [-0.05, 0) is 31.1 Å². The Balaban J connectivity index is 2.07. The SMILES string of the molecule is C1=COC(c2onc3ccccc23)CC1. The molecule has 3 rings (SSSR count). The van der Waals surface area contributed by atoms with E-state index in [2.05, 4.69) is 5.16 Å². The van der Waals surface area contributed by atoms with E-state index in [1.54, 1.807) is 6.26 Å². The molecule has 0 spiro atoms. The fourth-order valence-electron chi connectivity index (χ4n) is 1.87. The number of hydrogen-bond donors (Lipinski definition) is 0. The Morgan fingerprint density at radius 1 is 1.27 bits per heavy atom. The van der Waals surface area contributed by atoms with Gasteiger partial charge in [0.25, 0.3) is 0 Å². The molecule has 76 valence electrons. The van der Waals surface area contributed by atoms with Crippen molar-refractivity contribution in [2.75, 3.05) is 0 Å². The predicted octanol–water partition coefficient (Wildman–Crippen LogP) is 3.19. The molecule has 2 heterocycles. The van der Waals surface area contributed by atoms with Crippen LogP contribution in [0.15, 0.2) is 41.1 Å². The number of hydrogen-bond acceptors (Lipinski definition) is 3. The van der Waals surface area contributed by atoms with E-state index >= 15 is 0 Å². The Morgan fingerprint density at radius 3 is 3.07 bits per heavy atom. The van der Waals surface area contributed by atoms with E-state index in [0.29, 0.717) is 0 Å². The van der Waals surface area contributed by atoms with E-state index in [9.17, 15) is 0 Å². The largest absolute Gasteiger partial charge is 0.490 e. The van der Waals surface area contributed by atoms with Gasteiger partial charge < -0.3 is 9.26 Å². The van der Waals surface area contributed by atoms with Gasteiger partial charge in [0.1, 0.15) is 5.52 Å². The fourth-order valence-corrected chi connectivity index (χ4v) is 1.87. The maximum Gasteiger partial charge on any atom is 0.185 e. The minimum atomic E-state index is 0.0161. The van der Waals surface area contributed by atoms with Gasteiger partial charge in [0.05, 0.1) is 6.26 Å². The van der Waals surface area contributed by atoms with Gasteiger partial charge in [-0.15, -0.1) is 0 Å². The van der Waals surface area contributed by atoms with E-state index in [0.717, 1.165) is 29.5 Å². The molecule has 0 bridgehead atoms. The van der Waals surface area contributed by atoms with Crippen molar-refractivity contribution in [3.8, 4) is 0 Å². The predicted molar refractivity (Wildman–Crippen MR) is 56.2 cm³/mol. The second kappa shape index (κ2) is 3.42. The average Bonchev–Trinajstić information content (AvgIpc) is 2.74. The second-order valence-electron chi connectivity index (χ2n) is 3.64. The van der Waals surface area contributed by atoms with Crippen molar-refractivity contribution in [2.45, 2.75) is 18.9 Å². The average molecular weight is 201 g/mol. The summed E-state index contributed by atoms with van der Waals surface area (Å²) < 4.78 is 10.9. The van der Waals surface area contributed by atoms with Crippen molar-refractivity contribution in [2.24, 2.45) is 0 Å². The molecule has 2 aromatic rings. The van der Waals surface area contributed by atoms with Crippen molar-refractivity contribution >= 4 is 10.9 Å². The molecule has 1 aromatic carbocycles. The molecule has 1 aliphatic heterocycles. The molecule has 1 aliphatic rings. The molecule has 0 amide bonds. The third-order valence-electron chi connectivity index (χ3n) is 2.64. The molecular weight excluding hydrogens is 190 g/mol. The van der Waals surface area contributed by atoms with Gasteiger partial charge in [-0.2, -0.15) is 0 Å². The van der Waals surface area contributed by atoms with Gasteiger partial charge in [-0.3, -0.25) is 0 Å². The van der Waals surface area contributed by atoms with E-state index in [1.807, 2.05) is 30.3 Å². The summed E-state index contributed by atoms with van der Waals surface area (Å²) in [6.07, 6.45) is 5.76. The summed E-state index contributed by atoms with van der Waals surface area (Å²) in [5.74, 6) is 0.843. The molecular formula is C12H11NO2. The van der Waals surface area contributed by atoms with Crippen LogP contribution >= 0.6 is 0 Å². The quantitative estimate of drug-likeness (QED) is 0.710. The summed E-state index contributed by atoms with van der Waals surface area (Å²) in [6, 6.07) is 7.90. The molecule has 3 nitrogen and oxygen atoms in total. The summed E-state index contributed by atoms with van der Waals surface area (Å²) in [4.78, 5) is 0. The van der Waals surface area contributed by atoms with Crippen molar-refractivity contribution in [3.63, 3.8) is 0 Å². The Hall–Kier alpha value is -1.77. The summed E-state index contributed by atoms with van der Waals surface area (Å²) in [5.41, 5.74) is 0.894. The molecule has 1 unspecified atom stereocenters. The normalized spacial score (nSPS) is 20.4. The van der Waals surface area contributed by atoms with Crippen LogP contribution in [-0.4, -0.2) is 5.16 Å². The van der Waals surface area contributed by atoms with Gasteiger partial charge in [-0.1, -0.05) is 17.3 Å². The molecule has 0 radical (unpaired) electrons. The zero-order valence-corrected chi connectivity index (χ0v) is 8.22. The molecule has 0 aliphatic carbocycles. The highest BCUT2D eigenvalue weighted by Gasteiger charge is 2.21. The second-order valence-corrected chi connectivity index (χ2v) is 3.64. The zero-order valence-electron chi connectivity index (χ0n) is 8.22. The molecule has 1 aromatic heterocycles. The van der Waals surface area contributed by atoms with Crippen molar-refractivity contribution in [1.29, 1.82) is 0 Å². The number of benzene rings is 1. The Bertz CT molecular complexity index is 501. The molecule has 0 fully saturated rings. The topological polar surface area (TPSA) is 35.3 Å². The van der Waals surface area contributed by atoms with Crippen molar-refractivity contribution < 1.29 is 9.26 Å². The summed E-state index contributed by atoms with van der Waals surface area (Å²) in [5, 5.41) is 5.07. The third-order valence-corrected chi connectivity index (χ3v) is 2.64. The Morgan fingerprint density at radius 2 is 2.20 bits per heavy atom. The van der Waals surface area contributed by atoms with Crippen molar-refractivity contribution in [1.82, 2.24) is 5.16 Å². The van der Waals surface area contributed by atoms with E-state index in [1.165, 1.54) is 0 Å². The number of allylic oxidation sites excluding steroid dienone is 1. The molecule has 1 atom stereocenters. The standard InChI is InChI=1S/C12H11NO2/c1-2-6-10-9(5-1)12(15-13-10)11-7-3-4-8-14-11/h1-2,4-6,8,11H,3,7H2. The van der Waals surface area contributed by atoms with Crippen LogP contribution in [-0.2, 0) is 4.74 Å². The van der Waals surface area contributed by atoms with Crippen LogP contribution < -0.4 is 0 Å². The Kier molecular flexibility index (Phi) is 1.95. The number of fused-ring (bicyclic) bond motifs is 1. The van der Waals surface area contributed by atoms with Gasteiger partial charge in [0, 0.05) is 5.39 Å². The highest BCUT2D eigenvalue weighted by atomic mass is 16.5. The highest BCUT2D eigenvalue weighted by Crippen LogP contribution is 2.31. The maximum absolute atomic E-state index is 5.52. The highest BCUT2D eigenvalue weighted by molar-refractivity contribution is 5.80. The van der Waals surface area contributed by atoms with Crippen LogP contribution in [0.25, 0.3) is 10.9 Å². The minimum Gasteiger partial charge on any atom is -0.490 e. The first-order valence-corrected chi connectivity index (χ1v) is 5.10. The lowest BCUT2D eigenvalue weighted by molar-refractivity contribution is 0.0981. The lowest BCUT2D eigenvalue weighted by atomic mass is 10.1. The Labute approximate surface area is 87.3 Å². The lowest BCUT2D eigenvalue weighted by Crippen LogP contribution is -2.02. The summed E-state index contributed by atoms with van der Waals surface area (Å²) >= 11 is 0. The monoisotopic (exact) mass is 201 g/mol. The fraction of sp³-hybridized carbons (Fsp3) is 0.250. The first-order chi connectivity index (χ1) is 7.45. The molecule has 3 heteroatoms.